The zero-order valence-corrected chi connectivity index (χ0v) is 31.6. The number of pyridine rings is 1. The van der Waals surface area contributed by atoms with Crippen LogP contribution >= 0.6 is 22.7 Å². The number of aromatic hydroxyl groups is 1. The molecule has 0 radical (unpaired) electrons. The number of rotatable bonds is 16. The Kier molecular flexibility index (Phi) is 12.5. The summed E-state index contributed by atoms with van der Waals surface area (Å²) >= 11 is 2.66. The Hall–Kier alpha value is -4.33. The van der Waals surface area contributed by atoms with E-state index in [0.29, 0.717) is 83.5 Å². The highest BCUT2D eigenvalue weighted by Crippen LogP contribution is 2.38. The monoisotopic (exact) mass is 758 g/mol. The lowest BCUT2D eigenvalue weighted by Gasteiger charge is -2.35. The lowest BCUT2D eigenvalue weighted by Crippen LogP contribution is -2.42. The molecule has 5 aromatic rings. The number of hydrogen-bond donors (Lipinski definition) is 4. The summed E-state index contributed by atoms with van der Waals surface area (Å²) in [6.45, 7) is 0.633. The maximum atomic E-state index is 13.4. The van der Waals surface area contributed by atoms with Gasteiger partial charge in [-0.05, 0) is 110 Å². The van der Waals surface area contributed by atoms with Gasteiger partial charge in [0, 0.05) is 36.9 Å². The number of phenols is 1. The van der Waals surface area contributed by atoms with Crippen molar-refractivity contribution in [3.63, 3.8) is 0 Å². The first-order chi connectivity index (χ1) is 25.6. The number of fused-ring (bicyclic) bond motifs is 1. The fourth-order valence-corrected chi connectivity index (χ4v) is 8.94. The second-order valence-corrected chi connectivity index (χ2v) is 15.7. The van der Waals surface area contributed by atoms with Crippen LogP contribution in [0.1, 0.15) is 77.5 Å². The number of ether oxygens (including phenoxy) is 2. The van der Waals surface area contributed by atoms with Gasteiger partial charge in [0.1, 0.15) is 23.4 Å². The van der Waals surface area contributed by atoms with Crippen molar-refractivity contribution in [2.75, 3.05) is 20.7 Å². The van der Waals surface area contributed by atoms with Crippen molar-refractivity contribution in [3.8, 4) is 11.5 Å². The van der Waals surface area contributed by atoms with Crippen LogP contribution in [0.5, 0.6) is 11.5 Å². The number of thiophene rings is 2. The summed E-state index contributed by atoms with van der Waals surface area (Å²) in [7, 11) is 3.65. The summed E-state index contributed by atoms with van der Waals surface area (Å²) in [5.41, 5.74) is 0.695. The van der Waals surface area contributed by atoms with Gasteiger partial charge in [0.25, 0.3) is 0 Å². The predicted molar refractivity (Wildman–Crippen MR) is 207 cm³/mol. The molecule has 6 rings (SSSR count). The van der Waals surface area contributed by atoms with Gasteiger partial charge >= 0.3 is 5.97 Å². The molecule has 1 fully saturated rings. The largest absolute Gasteiger partial charge is 0.506 e. The number of esters is 1. The van der Waals surface area contributed by atoms with Gasteiger partial charge in [-0.15, -0.1) is 22.7 Å². The third kappa shape index (κ3) is 8.90. The number of hydrogen-bond acceptors (Lipinski definition) is 11. The van der Waals surface area contributed by atoms with Crippen LogP contribution in [0.25, 0.3) is 10.9 Å². The predicted octanol–water partition coefficient (Wildman–Crippen LogP) is 6.65. The number of methoxy groups -OCH3 is 1. The van der Waals surface area contributed by atoms with Crippen molar-refractivity contribution in [1.82, 2.24) is 9.88 Å². The molecular formula is C41H46N2O8S2. The van der Waals surface area contributed by atoms with Crippen molar-refractivity contribution >= 4 is 45.3 Å². The lowest BCUT2D eigenvalue weighted by molar-refractivity contribution is -0.169. The number of carbonyl (C=O) groups is 2. The smallest absolute Gasteiger partial charge is 0.349 e. The van der Waals surface area contributed by atoms with E-state index in [2.05, 4.69) is 9.88 Å². The van der Waals surface area contributed by atoms with Gasteiger partial charge < -0.3 is 34.7 Å². The van der Waals surface area contributed by atoms with Crippen molar-refractivity contribution in [1.29, 1.82) is 0 Å². The number of benzene rings is 2. The molecule has 1 aliphatic rings. The minimum Gasteiger partial charge on any atom is -0.506 e. The van der Waals surface area contributed by atoms with Crippen LogP contribution in [0, 0.1) is 0 Å². The van der Waals surface area contributed by atoms with Crippen molar-refractivity contribution in [2.24, 2.45) is 0 Å². The summed E-state index contributed by atoms with van der Waals surface area (Å²) in [4.78, 5) is 44.1. The molecule has 1 aliphatic carbocycles. The van der Waals surface area contributed by atoms with Gasteiger partial charge in [0.2, 0.25) is 11.2 Å². The summed E-state index contributed by atoms with van der Waals surface area (Å²) in [6, 6.07) is 19.4. The standard InChI is InChI=1S/C41H46N2O8S2/c1-43(28-12-14-30(15-13-28)51-40(48)41(49,36-8-4-22-52-36)37-9-5-23-53-37)21-20-29(44)24-26-10-11-27(35(25-26)50-2)6-3-7-33(45)31-16-18-34(46)39-32(31)17-19-38(47)42-39/h4-5,8-11,16-19,22-23,25,28,30,33,45-46,49H,3,6-7,12-15,20-21,24H2,1-2H3,(H,42,47)/t28?,30?,33-/m0/s1. The summed E-state index contributed by atoms with van der Waals surface area (Å²) in [5.74, 6) is 0.171. The van der Waals surface area contributed by atoms with Gasteiger partial charge in [-0.2, -0.15) is 0 Å². The Labute approximate surface area is 316 Å². The fourth-order valence-electron chi connectivity index (χ4n) is 7.23. The molecule has 12 heteroatoms. The zero-order valence-electron chi connectivity index (χ0n) is 30.0. The number of aryl methyl sites for hydroxylation is 1. The van der Waals surface area contributed by atoms with Crippen molar-refractivity contribution in [2.45, 2.75) is 81.6 Å². The Balaban J connectivity index is 0.944. The molecule has 0 unspecified atom stereocenters. The first-order valence-electron chi connectivity index (χ1n) is 18.0. The third-order valence-electron chi connectivity index (χ3n) is 10.3. The molecule has 4 N–H and O–H groups in total. The number of phenolic OH excluding ortho intramolecular Hbond substituents is 1. The molecule has 3 aromatic heterocycles. The van der Waals surface area contributed by atoms with E-state index in [1.54, 1.807) is 31.4 Å². The van der Waals surface area contributed by atoms with Crippen molar-refractivity contribution in [3.05, 3.63) is 114 Å². The number of nitrogens with one attached hydrogen (secondary N) is 1. The van der Waals surface area contributed by atoms with E-state index in [4.69, 9.17) is 9.47 Å². The molecule has 3 heterocycles. The molecule has 0 amide bonds. The molecule has 0 spiro atoms. The highest BCUT2D eigenvalue weighted by atomic mass is 32.1. The van der Waals surface area contributed by atoms with Crippen LogP contribution in [0.3, 0.4) is 0 Å². The van der Waals surface area contributed by atoms with Gasteiger partial charge in [0.15, 0.2) is 0 Å². The third-order valence-corrected chi connectivity index (χ3v) is 12.2. The molecule has 280 valence electrons. The number of H-pyrrole nitrogens is 1. The molecule has 10 nitrogen and oxygen atoms in total. The van der Waals surface area contributed by atoms with E-state index in [0.717, 1.165) is 24.0 Å². The van der Waals surface area contributed by atoms with E-state index in [1.807, 2.05) is 48.1 Å². The van der Waals surface area contributed by atoms with Gasteiger partial charge in [-0.1, -0.05) is 30.3 Å². The molecule has 53 heavy (non-hydrogen) atoms. The average Bonchev–Trinajstić information content (AvgIpc) is 3.91. The quantitative estimate of drug-likeness (QED) is 0.0813. The Morgan fingerprint density at radius 1 is 1.00 bits per heavy atom. The Morgan fingerprint density at radius 3 is 2.38 bits per heavy atom. The maximum Gasteiger partial charge on any atom is 0.349 e. The lowest BCUT2D eigenvalue weighted by atomic mass is 9.91. The number of carbonyl (C=O) groups excluding carboxylic acids is 2. The second kappa shape index (κ2) is 17.2. The molecule has 2 aromatic carbocycles. The summed E-state index contributed by atoms with van der Waals surface area (Å²) < 4.78 is 11.6. The van der Waals surface area contributed by atoms with Crippen LogP contribution in [0.4, 0.5) is 0 Å². The SMILES string of the molecule is COc1cc(CC(=O)CCN(C)C2CCC(OC(=O)C(O)(c3cccs3)c3cccs3)CC2)ccc1CCC[C@H](O)c1ccc(O)c2[nH]c(=O)ccc12. The highest BCUT2D eigenvalue weighted by Gasteiger charge is 2.45. The normalized spacial score (nSPS) is 16.8. The number of aromatic nitrogens is 1. The molecular weight excluding hydrogens is 713 g/mol. The Bertz CT molecular complexity index is 2020. The summed E-state index contributed by atoms with van der Waals surface area (Å²) in [5, 5.41) is 36.9. The van der Waals surface area contributed by atoms with Crippen LogP contribution in [-0.4, -0.2) is 69.8 Å². The first-order valence-corrected chi connectivity index (χ1v) is 19.7. The molecule has 0 saturated heterocycles. The van der Waals surface area contributed by atoms with E-state index in [-0.39, 0.29) is 29.2 Å². The van der Waals surface area contributed by atoms with Crippen LogP contribution in [0.15, 0.2) is 82.3 Å². The number of Topliss-reactive ketones (excluding diaryl/α,β-unsaturated/α-hetero) is 1. The first kappa shape index (κ1) is 38.4. The molecule has 0 bridgehead atoms. The number of aliphatic hydroxyl groups is 2. The number of nitrogens with zero attached hydrogens (tertiary/aromatic N) is 1. The number of ketones is 1. The van der Waals surface area contributed by atoms with Crippen molar-refractivity contribution < 1.29 is 34.4 Å². The van der Waals surface area contributed by atoms with Gasteiger partial charge in [-0.25, -0.2) is 4.79 Å². The fraction of sp³-hybridized carbons (Fsp3) is 0.390. The molecule has 0 aliphatic heterocycles. The van der Waals surface area contributed by atoms with Gasteiger partial charge in [-0.3, -0.25) is 9.59 Å². The second-order valence-electron chi connectivity index (χ2n) is 13.8. The van der Waals surface area contributed by atoms with E-state index >= 15 is 0 Å². The Morgan fingerprint density at radius 2 is 1.72 bits per heavy atom. The van der Waals surface area contributed by atoms with E-state index in [9.17, 15) is 29.7 Å². The minimum absolute atomic E-state index is 0.0424. The minimum atomic E-state index is -1.80. The van der Waals surface area contributed by atoms with E-state index < -0.39 is 17.7 Å². The van der Waals surface area contributed by atoms with Crippen LogP contribution in [0.2, 0.25) is 0 Å². The average molecular weight is 759 g/mol. The number of aromatic amines is 1. The number of aliphatic hydroxyl groups excluding tert-OH is 1. The van der Waals surface area contributed by atoms with Gasteiger partial charge in [0.05, 0.1) is 28.5 Å². The van der Waals surface area contributed by atoms with Crippen LogP contribution < -0.4 is 10.3 Å². The summed E-state index contributed by atoms with van der Waals surface area (Å²) in [6.07, 6.45) is 4.54. The van der Waals surface area contributed by atoms with Crippen LogP contribution in [-0.2, 0) is 32.8 Å². The maximum absolute atomic E-state index is 13.4. The highest BCUT2D eigenvalue weighted by molar-refractivity contribution is 7.12. The molecule has 1 saturated carbocycles. The topological polar surface area (TPSA) is 149 Å². The zero-order chi connectivity index (χ0) is 37.5. The molecule has 1 atom stereocenters. The van der Waals surface area contributed by atoms with E-state index in [1.165, 1.54) is 34.8 Å².